The van der Waals surface area contributed by atoms with Crippen molar-refractivity contribution in [1.29, 1.82) is 0 Å². The number of anilines is 1. The number of hydrogen-bond donors (Lipinski definition) is 3. The molecule has 100 valence electrons. The predicted octanol–water partition coefficient (Wildman–Crippen LogP) is 0.961. The highest BCUT2D eigenvalue weighted by Crippen LogP contribution is 2.16. The molecule has 1 atom stereocenters. The number of hydrazine groups is 1. The quantitative estimate of drug-likeness (QED) is 0.538. The van der Waals surface area contributed by atoms with Gasteiger partial charge in [-0.05, 0) is 45.6 Å². The van der Waals surface area contributed by atoms with E-state index in [2.05, 4.69) is 10.7 Å². The first kappa shape index (κ1) is 14.5. The summed E-state index contributed by atoms with van der Waals surface area (Å²) in [4.78, 5) is 14.1. The van der Waals surface area contributed by atoms with E-state index in [0.717, 1.165) is 12.1 Å². The van der Waals surface area contributed by atoms with Crippen molar-refractivity contribution in [1.82, 2.24) is 10.2 Å². The Labute approximate surface area is 108 Å². The van der Waals surface area contributed by atoms with E-state index in [1.165, 1.54) is 0 Å². The monoisotopic (exact) mass is 250 g/mol. The van der Waals surface area contributed by atoms with Crippen LogP contribution in [0.2, 0.25) is 0 Å². The third-order valence-electron chi connectivity index (χ3n) is 2.59. The van der Waals surface area contributed by atoms with Crippen LogP contribution in [-0.2, 0) is 0 Å². The molecule has 0 spiro atoms. The molecule has 0 bridgehead atoms. The van der Waals surface area contributed by atoms with Gasteiger partial charge in [-0.1, -0.05) is 6.07 Å². The summed E-state index contributed by atoms with van der Waals surface area (Å²) >= 11 is 0. The Bertz CT molecular complexity index is 417. The molecule has 5 nitrogen and oxygen atoms in total. The third-order valence-corrected chi connectivity index (χ3v) is 2.59. The maximum absolute atomic E-state index is 12.1. The van der Waals surface area contributed by atoms with Crippen molar-refractivity contribution in [2.24, 2.45) is 5.84 Å². The van der Waals surface area contributed by atoms with Gasteiger partial charge < -0.3 is 15.6 Å². The minimum atomic E-state index is -0.114. The summed E-state index contributed by atoms with van der Waals surface area (Å²) in [6.45, 7) is 4.72. The van der Waals surface area contributed by atoms with Crippen LogP contribution in [0.3, 0.4) is 0 Å². The first-order chi connectivity index (χ1) is 8.43. The first-order valence-electron chi connectivity index (χ1n) is 5.97. The molecule has 4 N–H and O–H groups in total. The molecule has 0 aliphatic heterocycles. The van der Waals surface area contributed by atoms with Crippen LogP contribution in [0.25, 0.3) is 0 Å². The summed E-state index contributed by atoms with van der Waals surface area (Å²) in [5.74, 6) is 5.32. The van der Waals surface area contributed by atoms with Crippen LogP contribution in [0.15, 0.2) is 18.2 Å². The van der Waals surface area contributed by atoms with Crippen molar-refractivity contribution >= 4 is 11.6 Å². The molecule has 1 aromatic rings. The van der Waals surface area contributed by atoms with Gasteiger partial charge >= 0.3 is 0 Å². The molecule has 0 saturated carbocycles. The zero-order valence-corrected chi connectivity index (χ0v) is 11.4. The fraction of sp³-hybridized carbons (Fsp3) is 0.462. The molecule has 1 rings (SSSR count). The fourth-order valence-electron chi connectivity index (χ4n) is 1.87. The summed E-state index contributed by atoms with van der Waals surface area (Å²) in [6, 6.07) is 5.61. The Kier molecular flexibility index (Phi) is 5.12. The van der Waals surface area contributed by atoms with Gasteiger partial charge in [0.1, 0.15) is 0 Å². The lowest BCUT2D eigenvalue weighted by Crippen LogP contribution is -2.39. The number of amides is 1. The van der Waals surface area contributed by atoms with E-state index < -0.39 is 0 Å². The smallest absolute Gasteiger partial charge is 0.253 e. The summed E-state index contributed by atoms with van der Waals surface area (Å²) in [5.41, 5.74) is 4.82. The van der Waals surface area contributed by atoms with E-state index in [9.17, 15) is 4.79 Å². The number of benzene rings is 1. The lowest BCUT2D eigenvalue weighted by Gasteiger charge is -2.19. The van der Waals surface area contributed by atoms with Crippen LogP contribution in [-0.4, -0.2) is 37.5 Å². The Balaban J connectivity index is 2.78. The highest BCUT2D eigenvalue weighted by molar-refractivity contribution is 5.99. The number of nitrogens with zero attached hydrogens (tertiary/aromatic N) is 1. The van der Waals surface area contributed by atoms with Crippen LogP contribution in [0.5, 0.6) is 0 Å². The Morgan fingerprint density at radius 2 is 2.11 bits per heavy atom. The van der Waals surface area contributed by atoms with Crippen LogP contribution >= 0.6 is 0 Å². The number of rotatable bonds is 5. The van der Waals surface area contributed by atoms with E-state index in [4.69, 9.17) is 5.84 Å². The third kappa shape index (κ3) is 4.01. The number of carbonyl (C=O) groups excluding carboxylic acids is 1. The second-order valence-corrected chi connectivity index (χ2v) is 4.83. The SMILES string of the molecule is Cc1ccc(C(=O)NC(C)CN(C)C)c(NN)c1. The fourth-order valence-corrected chi connectivity index (χ4v) is 1.87. The summed E-state index contributed by atoms with van der Waals surface area (Å²) in [6.07, 6.45) is 0. The van der Waals surface area contributed by atoms with E-state index in [0.29, 0.717) is 11.3 Å². The molecule has 0 heterocycles. The average molecular weight is 250 g/mol. The maximum Gasteiger partial charge on any atom is 0.253 e. The minimum absolute atomic E-state index is 0.0828. The van der Waals surface area contributed by atoms with Gasteiger partial charge in [0.2, 0.25) is 0 Å². The van der Waals surface area contributed by atoms with E-state index in [1.807, 2.05) is 45.0 Å². The highest BCUT2D eigenvalue weighted by Gasteiger charge is 2.13. The number of carbonyl (C=O) groups is 1. The normalized spacial score (nSPS) is 12.3. The molecule has 0 radical (unpaired) electrons. The number of nitrogens with one attached hydrogen (secondary N) is 2. The van der Waals surface area contributed by atoms with Gasteiger partial charge in [0.25, 0.3) is 5.91 Å². The number of likely N-dealkylation sites (N-methyl/N-ethyl adjacent to an activating group) is 1. The average Bonchev–Trinajstić information content (AvgIpc) is 2.27. The van der Waals surface area contributed by atoms with Crippen LogP contribution < -0.4 is 16.6 Å². The number of nitrogen functional groups attached to an aromatic ring is 1. The van der Waals surface area contributed by atoms with Gasteiger partial charge in [0.15, 0.2) is 0 Å². The first-order valence-corrected chi connectivity index (χ1v) is 5.97. The second kappa shape index (κ2) is 6.37. The van der Waals surface area contributed by atoms with Crippen molar-refractivity contribution in [3.8, 4) is 0 Å². The molecular weight excluding hydrogens is 228 g/mol. The van der Waals surface area contributed by atoms with Crippen LogP contribution in [0.4, 0.5) is 5.69 Å². The number of hydrogen-bond acceptors (Lipinski definition) is 4. The molecule has 1 aromatic carbocycles. The standard InChI is InChI=1S/C13H22N4O/c1-9-5-6-11(12(7-9)16-14)13(18)15-10(2)8-17(3)4/h5-7,10,16H,8,14H2,1-4H3,(H,15,18). The van der Waals surface area contributed by atoms with Crippen LogP contribution in [0, 0.1) is 6.92 Å². The molecule has 0 saturated heterocycles. The largest absolute Gasteiger partial charge is 0.348 e. The Morgan fingerprint density at radius 3 is 2.67 bits per heavy atom. The van der Waals surface area contributed by atoms with Gasteiger partial charge in [-0.15, -0.1) is 0 Å². The lowest BCUT2D eigenvalue weighted by molar-refractivity contribution is 0.0935. The molecule has 0 fully saturated rings. The van der Waals surface area contributed by atoms with Crippen molar-refractivity contribution in [3.63, 3.8) is 0 Å². The summed E-state index contributed by atoms with van der Waals surface area (Å²) in [7, 11) is 3.95. The van der Waals surface area contributed by atoms with Crippen LogP contribution in [0.1, 0.15) is 22.8 Å². The topological polar surface area (TPSA) is 70.4 Å². The van der Waals surface area contributed by atoms with Crippen molar-refractivity contribution in [3.05, 3.63) is 29.3 Å². The molecule has 0 aliphatic carbocycles. The highest BCUT2D eigenvalue weighted by atomic mass is 16.1. The summed E-state index contributed by atoms with van der Waals surface area (Å²) < 4.78 is 0. The maximum atomic E-state index is 12.1. The van der Waals surface area contributed by atoms with Crippen molar-refractivity contribution < 1.29 is 4.79 Å². The Hall–Kier alpha value is -1.59. The molecule has 5 heteroatoms. The number of nitrogens with two attached hydrogens (primary N) is 1. The predicted molar refractivity (Wildman–Crippen MR) is 74.5 cm³/mol. The molecule has 18 heavy (non-hydrogen) atoms. The molecule has 1 unspecified atom stereocenters. The lowest BCUT2D eigenvalue weighted by atomic mass is 10.1. The molecular formula is C13H22N4O. The Morgan fingerprint density at radius 1 is 1.44 bits per heavy atom. The molecule has 1 amide bonds. The second-order valence-electron chi connectivity index (χ2n) is 4.83. The van der Waals surface area contributed by atoms with Gasteiger partial charge in [0, 0.05) is 12.6 Å². The van der Waals surface area contributed by atoms with Crippen molar-refractivity contribution in [2.45, 2.75) is 19.9 Å². The summed E-state index contributed by atoms with van der Waals surface area (Å²) in [5, 5.41) is 2.95. The molecule has 0 aliphatic rings. The van der Waals surface area contributed by atoms with Gasteiger partial charge in [0.05, 0.1) is 11.3 Å². The van der Waals surface area contributed by atoms with Gasteiger partial charge in [-0.2, -0.15) is 0 Å². The van der Waals surface area contributed by atoms with Gasteiger partial charge in [-0.25, -0.2) is 0 Å². The van der Waals surface area contributed by atoms with E-state index in [-0.39, 0.29) is 11.9 Å². The van der Waals surface area contributed by atoms with Gasteiger partial charge in [-0.3, -0.25) is 10.6 Å². The van der Waals surface area contributed by atoms with E-state index in [1.54, 1.807) is 6.07 Å². The zero-order chi connectivity index (χ0) is 13.7. The number of aryl methyl sites for hydroxylation is 1. The zero-order valence-electron chi connectivity index (χ0n) is 11.4. The van der Waals surface area contributed by atoms with Crippen molar-refractivity contribution in [2.75, 3.05) is 26.1 Å². The molecule has 0 aromatic heterocycles. The minimum Gasteiger partial charge on any atom is -0.348 e. The van der Waals surface area contributed by atoms with E-state index >= 15 is 0 Å².